The van der Waals surface area contributed by atoms with Crippen molar-refractivity contribution in [2.45, 2.75) is 0 Å². The molecule has 0 aliphatic rings. The third-order valence-corrected chi connectivity index (χ3v) is 6.11. The molecule has 5 heteroatoms. The molecule has 0 aromatic heterocycles. The van der Waals surface area contributed by atoms with Gasteiger partial charge in [-0.2, -0.15) is 5.26 Å². The lowest BCUT2D eigenvalue weighted by Crippen LogP contribution is -2.38. The van der Waals surface area contributed by atoms with E-state index >= 15 is 0 Å². The van der Waals surface area contributed by atoms with Crippen LogP contribution in [0.3, 0.4) is 0 Å². The monoisotopic (exact) mass is 460 g/mol. The molecule has 162 valence electrons. The minimum absolute atomic E-state index is 0.0614. The van der Waals surface area contributed by atoms with Crippen molar-refractivity contribution in [3.05, 3.63) is 125 Å². The summed E-state index contributed by atoms with van der Waals surface area (Å²) in [6.45, 7) is 0. The number of imide groups is 1. The van der Waals surface area contributed by atoms with Gasteiger partial charge in [-0.1, -0.05) is 90.5 Å². The summed E-state index contributed by atoms with van der Waals surface area (Å²) in [5.41, 5.74) is 0.920. The van der Waals surface area contributed by atoms with Crippen LogP contribution in [0.1, 0.15) is 26.3 Å². The van der Waals surface area contributed by atoms with Crippen molar-refractivity contribution in [3.8, 4) is 6.07 Å². The van der Waals surface area contributed by atoms with Gasteiger partial charge < -0.3 is 0 Å². The van der Waals surface area contributed by atoms with Gasteiger partial charge in [0.25, 0.3) is 11.8 Å². The molecule has 0 saturated carbocycles. The first kappa shape index (κ1) is 21.4. The van der Waals surface area contributed by atoms with E-state index in [1.54, 1.807) is 42.5 Å². The van der Waals surface area contributed by atoms with E-state index in [4.69, 9.17) is 11.6 Å². The van der Waals surface area contributed by atoms with E-state index in [2.05, 4.69) is 6.07 Å². The van der Waals surface area contributed by atoms with Gasteiger partial charge in [0.15, 0.2) is 0 Å². The van der Waals surface area contributed by atoms with Crippen LogP contribution in [0.4, 0.5) is 5.69 Å². The summed E-state index contributed by atoms with van der Waals surface area (Å²) in [5.74, 6) is -1.07. The maximum atomic E-state index is 14.0. The van der Waals surface area contributed by atoms with Crippen molar-refractivity contribution in [3.63, 3.8) is 0 Å². The van der Waals surface area contributed by atoms with Crippen LogP contribution in [0.15, 0.2) is 103 Å². The average molecular weight is 461 g/mol. The Kier molecular flexibility index (Phi) is 5.55. The van der Waals surface area contributed by atoms with E-state index in [9.17, 15) is 14.9 Å². The van der Waals surface area contributed by atoms with E-state index < -0.39 is 11.8 Å². The number of rotatable bonds is 3. The standard InChI is InChI=1S/C29H17ClN2O2/c30-26-16-7-17-27(25(26)18-31)32(28(33)23-14-5-10-19-8-1-3-12-21(19)23)29(34)24-15-6-11-20-9-2-4-13-22(20)24/h1-17H. The number of hydrogen-bond donors (Lipinski definition) is 0. The van der Waals surface area contributed by atoms with Gasteiger partial charge in [0.1, 0.15) is 6.07 Å². The molecule has 0 aliphatic carbocycles. The predicted molar refractivity (Wildman–Crippen MR) is 135 cm³/mol. The fourth-order valence-corrected chi connectivity index (χ4v) is 4.40. The van der Waals surface area contributed by atoms with E-state index in [0.717, 1.165) is 15.7 Å². The SMILES string of the molecule is N#Cc1c(Cl)cccc1N(C(=O)c1cccc2ccccc12)C(=O)c1cccc2ccccc12. The molecule has 5 aromatic carbocycles. The summed E-state index contributed by atoms with van der Waals surface area (Å²) in [5, 5.41) is 13.2. The Morgan fingerprint density at radius 3 is 1.65 bits per heavy atom. The molecule has 0 N–H and O–H groups in total. The number of nitrogens with zero attached hydrogens (tertiary/aromatic N) is 2. The van der Waals surface area contributed by atoms with Crippen molar-refractivity contribution in [2.75, 3.05) is 4.90 Å². The smallest absolute Gasteiger partial charge is 0.266 e. The Hall–Kier alpha value is -4.46. The molecule has 4 nitrogen and oxygen atoms in total. The summed E-state index contributed by atoms with van der Waals surface area (Å²) in [6, 6.07) is 32.5. The fourth-order valence-electron chi connectivity index (χ4n) is 4.19. The minimum Gasteiger partial charge on any atom is -0.268 e. The average Bonchev–Trinajstić information content (AvgIpc) is 2.88. The van der Waals surface area contributed by atoms with Crippen LogP contribution in [0, 0.1) is 11.3 Å². The van der Waals surface area contributed by atoms with E-state index in [1.807, 2.05) is 60.7 Å². The molecule has 0 fully saturated rings. The van der Waals surface area contributed by atoms with Crippen molar-refractivity contribution in [1.29, 1.82) is 5.26 Å². The van der Waals surface area contributed by atoms with Crippen LogP contribution >= 0.6 is 11.6 Å². The highest BCUT2D eigenvalue weighted by Crippen LogP contribution is 2.32. The Morgan fingerprint density at radius 2 is 1.12 bits per heavy atom. The summed E-state index contributed by atoms with van der Waals surface area (Å²) in [6.07, 6.45) is 0. The van der Waals surface area contributed by atoms with Crippen LogP contribution in [-0.2, 0) is 0 Å². The van der Waals surface area contributed by atoms with Crippen LogP contribution in [0.25, 0.3) is 21.5 Å². The first-order valence-corrected chi connectivity index (χ1v) is 11.0. The summed E-state index contributed by atoms with van der Waals surface area (Å²) < 4.78 is 0. The molecule has 5 aromatic rings. The van der Waals surface area contributed by atoms with Gasteiger partial charge in [-0.25, -0.2) is 4.90 Å². The van der Waals surface area contributed by atoms with Gasteiger partial charge >= 0.3 is 0 Å². The quantitative estimate of drug-likeness (QED) is 0.272. The summed E-state index contributed by atoms with van der Waals surface area (Å²) in [4.78, 5) is 29.1. The molecule has 2 amide bonds. The van der Waals surface area contributed by atoms with Gasteiger partial charge in [-0.3, -0.25) is 9.59 Å². The zero-order valence-electron chi connectivity index (χ0n) is 17.9. The molecular weight excluding hydrogens is 444 g/mol. The van der Waals surface area contributed by atoms with Crippen molar-refractivity contribution in [2.24, 2.45) is 0 Å². The molecule has 0 saturated heterocycles. The van der Waals surface area contributed by atoms with E-state index in [1.165, 1.54) is 0 Å². The van der Waals surface area contributed by atoms with Crippen molar-refractivity contribution < 1.29 is 9.59 Å². The number of hydrogen-bond acceptors (Lipinski definition) is 3. The highest BCUT2D eigenvalue weighted by molar-refractivity contribution is 6.34. The molecule has 0 unspecified atom stereocenters. The number of anilines is 1. The molecule has 0 aliphatic heterocycles. The Balaban J connectivity index is 1.76. The molecule has 0 heterocycles. The van der Waals surface area contributed by atoms with Gasteiger partial charge in [-0.05, 0) is 45.8 Å². The van der Waals surface area contributed by atoms with Gasteiger partial charge in [-0.15, -0.1) is 0 Å². The summed E-state index contributed by atoms with van der Waals surface area (Å²) in [7, 11) is 0. The number of carbonyl (C=O) groups is 2. The lowest BCUT2D eigenvalue weighted by atomic mass is 10.0. The van der Waals surface area contributed by atoms with Crippen LogP contribution in [-0.4, -0.2) is 11.8 Å². The second-order valence-corrected chi connectivity index (χ2v) is 8.15. The van der Waals surface area contributed by atoms with Gasteiger partial charge in [0.05, 0.1) is 16.3 Å². The number of halogens is 1. The van der Waals surface area contributed by atoms with Crippen molar-refractivity contribution in [1.82, 2.24) is 0 Å². The zero-order valence-corrected chi connectivity index (χ0v) is 18.7. The normalized spacial score (nSPS) is 10.7. The third-order valence-electron chi connectivity index (χ3n) is 5.79. The highest BCUT2D eigenvalue weighted by atomic mass is 35.5. The lowest BCUT2D eigenvalue weighted by molar-refractivity contribution is 0.0899. The first-order chi connectivity index (χ1) is 16.6. The van der Waals surface area contributed by atoms with E-state index in [0.29, 0.717) is 21.9 Å². The molecule has 0 radical (unpaired) electrons. The molecular formula is C29H17ClN2O2. The topological polar surface area (TPSA) is 61.2 Å². The predicted octanol–water partition coefficient (Wildman–Crippen LogP) is 7.01. The van der Waals surface area contributed by atoms with Gasteiger partial charge in [0.2, 0.25) is 0 Å². The molecule has 34 heavy (non-hydrogen) atoms. The molecule has 5 rings (SSSR count). The molecule has 0 bridgehead atoms. The van der Waals surface area contributed by atoms with Crippen LogP contribution < -0.4 is 4.90 Å². The highest BCUT2D eigenvalue weighted by Gasteiger charge is 2.30. The zero-order chi connectivity index (χ0) is 23.7. The maximum absolute atomic E-state index is 14.0. The Morgan fingerprint density at radius 1 is 0.647 bits per heavy atom. The summed E-state index contributed by atoms with van der Waals surface area (Å²) >= 11 is 6.29. The number of fused-ring (bicyclic) bond motifs is 2. The second-order valence-electron chi connectivity index (χ2n) is 7.74. The molecule has 0 spiro atoms. The number of benzene rings is 5. The Labute approximate surface area is 201 Å². The third kappa shape index (κ3) is 3.59. The first-order valence-electron chi connectivity index (χ1n) is 10.6. The number of nitriles is 1. The molecule has 0 atom stereocenters. The largest absolute Gasteiger partial charge is 0.268 e. The lowest BCUT2D eigenvalue weighted by Gasteiger charge is -2.24. The number of amides is 2. The van der Waals surface area contributed by atoms with Crippen LogP contribution in [0.5, 0.6) is 0 Å². The minimum atomic E-state index is -0.534. The fraction of sp³-hybridized carbons (Fsp3) is 0. The van der Waals surface area contributed by atoms with Crippen LogP contribution in [0.2, 0.25) is 5.02 Å². The van der Waals surface area contributed by atoms with Crippen molar-refractivity contribution >= 4 is 50.6 Å². The number of carbonyl (C=O) groups excluding carboxylic acids is 2. The Bertz CT molecular complexity index is 1530. The second kappa shape index (κ2) is 8.82. The van der Waals surface area contributed by atoms with E-state index in [-0.39, 0.29) is 16.3 Å². The van der Waals surface area contributed by atoms with Gasteiger partial charge in [0, 0.05) is 11.1 Å². The maximum Gasteiger partial charge on any atom is 0.266 e.